The number of aryl methyl sites for hydroxylation is 1. The van der Waals surface area contributed by atoms with E-state index in [2.05, 4.69) is 31.2 Å². The second kappa shape index (κ2) is 5.62. The largest absolute Gasteiger partial charge is 0.360 e. The van der Waals surface area contributed by atoms with Gasteiger partial charge in [-0.05, 0) is 29.8 Å². The van der Waals surface area contributed by atoms with Gasteiger partial charge in [0.2, 0.25) is 0 Å². The third-order valence-electron chi connectivity index (χ3n) is 2.40. The van der Waals surface area contributed by atoms with Gasteiger partial charge in [-0.15, -0.1) is 11.3 Å². The first kappa shape index (κ1) is 13.9. The summed E-state index contributed by atoms with van der Waals surface area (Å²) in [6, 6.07) is 1.42. The molecular weight excluding hydrogens is 332 g/mol. The monoisotopic (exact) mass is 342 g/mol. The van der Waals surface area contributed by atoms with E-state index in [0.29, 0.717) is 10.3 Å². The van der Waals surface area contributed by atoms with Crippen LogP contribution in [0.2, 0.25) is 0 Å². The summed E-state index contributed by atoms with van der Waals surface area (Å²) >= 11 is 4.88. The van der Waals surface area contributed by atoms with Crippen molar-refractivity contribution in [3.05, 3.63) is 42.9 Å². The van der Waals surface area contributed by atoms with E-state index in [4.69, 9.17) is 0 Å². The highest BCUT2D eigenvalue weighted by Crippen LogP contribution is 2.28. The maximum atomic E-state index is 10.6. The Balaban J connectivity index is 2.17. The molecule has 0 radical (unpaired) electrons. The summed E-state index contributed by atoms with van der Waals surface area (Å²) in [7, 11) is 0. The fraction of sp³-hybridized carbons (Fsp3) is 0.273. The van der Waals surface area contributed by atoms with Crippen LogP contribution in [0.15, 0.2) is 22.9 Å². The van der Waals surface area contributed by atoms with Crippen molar-refractivity contribution < 1.29 is 4.92 Å². The smallest absolute Gasteiger partial charge is 0.288 e. The number of nitrogens with zero attached hydrogens (tertiary/aromatic N) is 3. The number of thiazole rings is 1. The predicted octanol–water partition coefficient (Wildman–Crippen LogP) is 3.69. The highest BCUT2D eigenvalue weighted by Gasteiger charge is 2.14. The van der Waals surface area contributed by atoms with Gasteiger partial charge < -0.3 is 5.32 Å². The van der Waals surface area contributed by atoms with Crippen molar-refractivity contribution in [3.63, 3.8) is 0 Å². The van der Waals surface area contributed by atoms with Gasteiger partial charge in [-0.2, -0.15) is 0 Å². The molecule has 0 aliphatic heterocycles. The molecule has 0 aromatic carbocycles. The van der Waals surface area contributed by atoms with Gasteiger partial charge in [0, 0.05) is 17.1 Å². The molecule has 0 bridgehead atoms. The number of halogens is 1. The summed E-state index contributed by atoms with van der Waals surface area (Å²) < 4.78 is 0.557. The Kier molecular flexibility index (Phi) is 4.11. The Bertz CT molecular complexity index is 616. The summed E-state index contributed by atoms with van der Waals surface area (Å²) in [6.07, 6.45) is 3.05. The standard InChI is InChI=1S/C11H11BrN4O2S/c1-6-4-14-11(19-6)7(2)15-10-9(12)3-8(5-13-10)16(17)18/h3-5,7H,1-2H3,(H,13,15). The molecule has 2 heterocycles. The van der Waals surface area contributed by atoms with Gasteiger partial charge in [0.25, 0.3) is 5.69 Å². The Hall–Kier alpha value is -1.54. The van der Waals surface area contributed by atoms with Crippen molar-refractivity contribution in [2.24, 2.45) is 0 Å². The van der Waals surface area contributed by atoms with Gasteiger partial charge in [0.15, 0.2) is 0 Å². The van der Waals surface area contributed by atoms with Crippen molar-refractivity contribution in [2.75, 3.05) is 5.32 Å². The molecule has 1 N–H and O–H groups in total. The number of pyridine rings is 1. The lowest BCUT2D eigenvalue weighted by Gasteiger charge is -2.12. The number of nitro groups is 1. The lowest BCUT2D eigenvalue weighted by Crippen LogP contribution is -2.08. The van der Waals surface area contributed by atoms with Gasteiger partial charge in [-0.1, -0.05) is 0 Å². The molecule has 0 aliphatic rings. The van der Waals surface area contributed by atoms with Gasteiger partial charge in [0.05, 0.1) is 15.4 Å². The van der Waals surface area contributed by atoms with Crippen molar-refractivity contribution in [3.8, 4) is 0 Å². The zero-order valence-corrected chi connectivity index (χ0v) is 12.7. The molecule has 0 spiro atoms. The summed E-state index contributed by atoms with van der Waals surface area (Å²) in [5.74, 6) is 0.561. The fourth-order valence-corrected chi connectivity index (χ4v) is 2.70. The highest BCUT2D eigenvalue weighted by atomic mass is 79.9. The zero-order chi connectivity index (χ0) is 14.0. The van der Waals surface area contributed by atoms with E-state index >= 15 is 0 Å². The SMILES string of the molecule is Cc1cnc(C(C)Nc2ncc([N+](=O)[O-])cc2Br)s1. The molecule has 1 unspecified atom stereocenters. The van der Waals surface area contributed by atoms with E-state index in [1.807, 2.05) is 20.0 Å². The number of anilines is 1. The van der Waals surface area contributed by atoms with Crippen LogP contribution in [0.1, 0.15) is 22.9 Å². The predicted molar refractivity (Wildman–Crippen MR) is 77.5 cm³/mol. The molecule has 0 saturated carbocycles. The van der Waals surface area contributed by atoms with Crippen LogP contribution in [0.4, 0.5) is 11.5 Å². The Morgan fingerprint density at radius 2 is 2.21 bits per heavy atom. The van der Waals surface area contributed by atoms with Gasteiger partial charge in [0.1, 0.15) is 17.0 Å². The fourth-order valence-electron chi connectivity index (χ4n) is 1.47. The molecule has 100 valence electrons. The van der Waals surface area contributed by atoms with Crippen LogP contribution in [0.25, 0.3) is 0 Å². The van der Waals surface area contributed by atoms with Crippen LogP contribution < -0.4 is 5.32 Å². The number of rotatable bonds is 4. The number of hydrogen-bond acceptors (Lipinski definition) is 6. The molecule has 0 aliphatic carbocycles. The van der Waals surface area contributed by atoms with E-state index in [1.165, 1.54) is 12.3 Å². The van der Waals surface area contributed by atoms with Crippen LogP contribution in [0.3, 0.4) is 0 Å². The summed E-state index contributed by atoms with van der Waals surface area (Å²) in [4.78, 5) is 19.6. The van der Waals surface area contributed by atoms with Crippen LogP contribution >= 0.6 is 27.3 Å². The molecule has 6 nitrogen and oxygen atoms in total. The summed E-state index contributed by atoms with van der Waals surface area (Å²) in [6.45, 7) is 3.96. The molecule has 0 fully saturated rings. The summed E-state index contributed by atoms with van der Waals surface area (Å²) in [5.41, 5.74) is -0.0461. The van der Waals surface area contributed by atoms with Crippen LogP contribution in [-0.2, 0) is 0 Å². The van der Waals surface area contributed by atoms with Crippen molar-refractivity contribution in [1.82, 2.24) is 9.97 Å². The molecule has 2 aromatic heterocycles. The molecular formula is C11H11BrN4O2S. The van der Waals surface area contributed by atoms with Crippen LogP contribution in [0, 0.1) is 17.0 Å². The third-order valence-corrected chi connectivity index (χ3v) is 4.10. The molecule has 8 heteroatoms. The zero-order valence-electron chi connectivity index (χ0n) is 10.3. The average molecular weight is 343 g/mol. The topological polar surface area (TPSA) is 81.0 Å². The van der Waals surface area contributed by atoms with E-state index < -0.39 is 4.92 Å². The van der Waals surface area contributed by atoms with Crippen molar-refractivity contribution in [1.29, 1.82) is 0 Å². The molecule has 0 amide bonds. The first-order valence-corrected chi connectivity index (χ1v) is 7.07. The van der Waals surface area contributed by atoms with E-state index in [1.54, 1.807) is 11.3 Å². The van der Waals surface area contributed by atoms with Gasteiger partial charge >= 0.3 is 0 Å². The van der Waals surface area contributed by atoms with Gasteiger partial charge in [-0.25, -0.2) is 9.97 Å². The first-order valence-electron chi connectivity index (χ1n) is 5.46. The Morgan fingerprint density at radius 3 is 2.74 bits per heavy atom. The van der Waals surface area contributed by atoms with E-state index in [0.717, 1.165) is 9.88 Å². The molecule has 19 heavy (non-hydrogen) atoms. The highest BCUT2D eigenvalue weighted by molar-refractivity contribution is 9.10. The molecule has 2 rings (SSSR count). The maximum Gasteiger partial charge on any atom is 0.288 e. The van der Waals surface area contributed by atoms with Crippen molar-refractivity contribution in [2.45, 2.75) is 19.9 Å². The minimum Gasteiger partial charge on any atom is -0.360 e. The van der Waals surface area contributed by atoms with E-state index in [-0.39, 0.29) is 11.7 Å². The second-order valence-electron chi connectivity index (χ2n) is 3.96. The number of hydrogen-bond donors (Lipinski definition) is 1. The third kappa shape index (κ3) is 3.27. The normalized spacial score (nSPS) is 12.2. The number of nitrogens with one attached hydrogen (secondary N) is 1. The first-order chi connectivity index (χ1) is 8.97. The van der Waals surface area contributed by atoms with Crippen LogP contribution in [-0.4, -0.2) is 14.9 Å². The average Bonchev–Trinajstić information content (AvgIpc) is 2.78. The lowest BCUT2D eigenvalue weighted by atomic mass is 10.3. The Morgan fingerprint density at radius 1 is 1.47 bits per heavy atom. The molecule has 0 saturated heterocycles. The molecule has 2 aromatic rings. The van der Waals surface area contributed by atoms with Gasteiger partial charge in [-0.3, -0.25) is 10.1 Å². The van der Waals surface area contributed by atoms with Crippen molar-refractivity contribution >= 4 is 38.8 Å². The maximum absolute atomic E-state index is 10.6. The van der Waals surface area contributed by atoms with Crippen LogP contribution in [0.5, 0.6) is 0 Å². The van der Waals surface area contributed by atoms with E-state index in [9.17, 15) is 10.1 Å². The second-order valence-corrected chi connectivity index (χ2v) is 6.08. The molecule has 1 atom stereocenters. The quantitative estimate of drug-likeness (QED) is 0.676. The Labute approximate surface area is 122 Å². The minimum absolute atomic E-state index is 0.0102. The minimum atomic E-state index is -0.477. The summed E-state index contributed by atoms with van der Waals surface area (Å²) in [5, 5.41) is 14.7. The number of aromatic nitrogens is 2. The lowest BCUT2D eigenvalue weighted by molar-refractivity contribution is -0.385.